The van der Waals surface area contributed by atoms with Gasteiger partial charge in [0.05, 0.1) is 6.54 Å². The second-order valence-electron chi connectivity index (χ2n) is 5.22. The molecule has 2 aromatic carbocycles. The van der Waals surface area contributed by atoms with Gasteiger partial charge in [0.25, 0.3) is 0 Å². The predicted molar refractivity (Wildman–Crippen MR) is 90.6 cm³/mol. The summed E-state index contributed by atoms with van der Waals surface area (Å²) in [4.78, 5) is 0. The fraction of sp³-hybridized carbons (Fsp3) is 0.333. The molecular weight excluding hydrogens is 282 g/mol. The van der Waals surface area contributed by atoms with Gasteiger partial charge in [-0.2, -0.15) is 0 Å². The van der Waals surface area contributed by atoms with Crippen LogP contribution in [-0.4, -0.2) is 12.6 Å². The SMILES string of the molecule is CCc1ccc(OC(C)CNc2cccc(Cl)c2C)cc1. The fourth-order valence-corrected chi connectivity index (χ4v) is 2.30. The van der Waals surface area contributed by atoms with E-state index in [1.807, 2.05) is 37.3 Å². The lowest BCUT2D eigenvalue weighted by Crippen LogP contribution is -2.23. The van der Waals surface area contributed by atoms with Gasteiger partial charge >= 0.3 is 0 Å². The maximum Gasteiger partial charge on any atom is 0.119 e. The van der Waals surface area contributed by atoms with Crippen LogP contribution in [0.4, 0.5) is 5.69 Å². The van der Waals surface area contributed by atoms with Crippen LogP contribution in [0.3, 0.4) is 0 Å². The molecule has 0 aliphatic heterocycles. The first-order chi connectivity index (χ1) is 10.1. The highest BCUT2D eigenvalue weighted by molar-refractivity contribution is 6.31. The van der Waals surface area contributed by atoms with Crippen molar-refractivity contribution in [3.05, 3.63) is 58.6 Å². The van der Waals surface area contributed by atoms with Crippen molar-refractivity contribution < 1.29 is 4.74 Å². The molecular formula is C18H22ClNO. The highest BCUT2D eigenvalue weighted by Gasteiger charge is 2.06. The lowest BCUT2D eigenvalue weighted by atomic mass is 10.2. The topological polar surface area (TPSA) is 21.3 Å². The molecule has 1 atom stereocenters. The van der Waals surface area contributed by atoms with Gasteiger partial charge in [-0.05, 0) is 55.7 Å². The van der Waals surface area contributed by atoms with Crippen LogP contribution in [0.25, 0.3) is 0 Å². The van der Waals surface area contributed by atoms with Gasteiger partial charge in [0.15, 0.2) is 0 Å². The number of aryl methyl sites for hydroxylation is 1. The van der Waals surface area contributed by atoms with Crippen molar-refractivity contribution in [1.82, 2.24) is 0 Å². The van der Waals surface area contributed by atoms with Crippen LogP contribution in [0, 0.1) is 6.92 Å². The van der Waals surface area contributed by atoms with Gasteiger partial charge in [-0.3, -0.25) is 0 Å². The third kappa shape index (κ3) is 4.40. The molecule has 0 spiro atoms. The summed E-state index contributed by atoms with van der Waals surface area (Å²) < 4.78 is 5.91. The van der Waals surface area contributed by atoms with Gasteiger partial charge in [0.1, 0.15) is 11.9 Å². The largest absolute Gasteiger partial charge is 0.489 e. The Morgan fingerprint density at radius 1 is 1.14 bits per heavy atom. The Morgan fingerprint density at radius 3 is 2.52 bits per heavy atom. The second kappa shape index (κ2) is 7.37. The van der Waals surface area contributed by atoms with Crippen LogP contribution < -0.4 is 10.1 Å². The zero-order valence-electron chi connectivity index (χ0n) is 12.8. The molecule has 0 radical (unpaired) electrons. The van der Waals surface area contributed by atoms with Crippen LogP contribution >= 0.6 is 11.6 Å². The summed E-state index contributed by atoms with van der Waals surface area (Å²) >= 11 is 6.12. The average Bonchev–Trinajstić information content (AvgIpc) is 2.49. The van der Waals surface area contributed by atoms with Gasteiger partial charge in [-0.25, -0.2) is 0 Å². The highest BCUT2D eigenvalue weighted by atomic mass is 35.5. The molecule has 2 nitrogen and oxygen atoms in total. The van der Waals surface area contributed by atoms with Crippen molar-refractivity contribution in [3.8, 4) is 5.75 Å². The molecule has 2 rings (SSSR count). The number of ether oxygens (including phenoxy) is 1. The van der Waals surface area contributed by atoms with Crippen molar-refractivity contribution in [3.63, 3.8) is 0 Å². The van der Waals surface area contributed by atoms with Crippen molar-refractivity contribution >= 4 is 17.3 Å². The van der Waals surface area contributed by atoms with Gasteiger partial charge in [-0.15, -0.1) is 0 Å². The van der Waals surface area contributed by atoms with Crippen molar-refractivity contribution in [2.45, 2.75) is 33.3 Å². The van der Waals surface area contributed by atoms with E-state index in [1.54, 1.807) is 0 Å². The normalized spacial score (nSPS) is 12.0. The van der Waals surface area contributed by atoms with Crippen LogP contribution in [0.1, 0.15) is 25.0 Å². The first-order valence-electron chi connectivity index (χ1n) is 7.34. The van der Waals surface area contributed by atoms with Gasteiger partial charge < -0.3 is 10.1 Å². The van der Waals surface area contributed by atoms with E-state index in [1.165, 1.54) is 5.56 Å². The quantitative estimate of drug-likeness (QED) is 0.802. The van der Waals surface area contributed by atoms with E-state index in [-0.39, 0.29) is 6.10 Å². The van der Waals surface area contributed by atoms with Crippen LogP contribution in [0.2, 0.25) is 5.02 Å². The average molecular weight is 304 g/mol. The Bertz CT molecular complexity index is 580. The summed E-state index contributed by atoms with van der Waals surface area (Å²) in [5.74, 6) is 0.907. The Kier molecular flexibility index (Phi) is 5.51. The molecule has 112 valence electrons. The maximum absolute atomic E-state index is 6.12. The number of nitrogens with one attached hydrogen (secondary N) is 1. The zero-order valence-corrected chi connectivity index (χ0v) is 13.6. The number of rotatable bonds is 6. The number of hydrogen-bond acceptors (Lipinski definition) is 2. The Labute approximate surface area is 132 Å². The standard InChI is InChI=1S/C18H22ClNO/c1-4-15-8-10-16(11-9-15)21-13(2)12-20-18-7-5-6-17(19)14(18)3/h5-11,13,20H,4,12H2,1-3H3. The van der Waals surface area contributed by atoms with Gasteiger partial charge in [-0.1, -0.05) is 36.7 Å². The summed E-state index contributed by atoms with van der Waals surface area (Å²) in [7, 11) is 0. The minimum absolute atomic E-state index is 0.0795. The van der Waals surface area contributed by atoms with Gasteiger partial charge in [0.2, 0.25) is 0 Å². The summed E-state index contributed by atoms with van der Waals surface area (Å²) in [5, 5.41) is 4.17. The molecule has 1 unspecified atom stereocenters. The molecule has 2 aromatic rings. The predicted octanol–water partition coefficient (Wildman–Crippen LogP) is 5.09. The molecule has 0 saturated carbocycles. The number of benzene rings is 2. The summed E-state index contributed by atoms with van der Waals surface area (Å²) in [5.41, 5.74) is 3.45. The molecule has 21 heavy (non-hydrogen) atoms. The first kappa shape index (κ1) is 15.7. The number of halogens is 1. The number of anilines is 1. The van der Waals surface area contributed by atoms with E-state index in [2.05, 4.69) is 31.3 Å². The minimum Gasteiger partial charge on any atom is -0.489 e. The van der Waals surface area contributed by atoms with E-state index in [4.69, 9.17) is 16.3 Å². The smallest absolute Gasteiger partial charge is 0.119 e. The third-order valence-electron chi connectivity index (χ3n) is 3.52. The molecule has 0 aromatic heterocycles. The summed E-state index contributed by atoms with van der Waals surface area (Å²) in [6.07, 6.45) is 1.13. The first-order valence-corrected chi connectivity index (χ1v) is 7.72. The van der Waals surface area contributed by atoms with Crippen LogP contribution in [0.5, 0.6) is 5.75 Å². The lowest BCUT2D eigenvalue weighted by molar-refractivity contribution is 0.234. The van der Waals surface area contributed by atoms with Crippen LogP contribution in [0.15, 0.2) is 42.5 Å². The fourth-order valence-electron chi connectivity index (χ4n) is 2.13. The molecule has 0 heterocycles. The van der Waals surface area contributed by atoms with Crippen molar-refractivity contribution in [2.24, 2.45) is 0 Å². The summed E-state index contributed by atoms with van der Waals surface area (Å²) in [6, 6.07) is 14.2. The highest BCUT2D eigenvalue weighted by Crippen LogP contribution is 2.23. The third-order valence-corrected chi connectivity index (χ3v) is 3.93. The monoisotopic (exact) mass is 303 g/mol. The van der Waals surface area contributed by atoms with E-state index < -0.39 is 0 Å². The number of hydrogen-bond donors (Lipinski definition) is 1. The molecule has 0 bridgehead atoms. The summed E-state index contributed by atoms with van der Waals surface area (Å²) in [6.45, 7) is 6.95. The lowest BCUT2D eigenvalue weighted by Gasteiger charge is -2.17. The van der Waals surface area contributed by atoms with Crippen molar-refractivity contribution in [2.75, 3.05) is 11.9 Å². The Hall–Kier alpha value is -1.67. The zero-order chi connectivity index (χ0) is 15.2. The van der Waals surface area contributed by atoms with Crippen molar-refractivity contribution in [1.29, 1.82) is 0 Å². The molecule has 0 fully saturated rings. The molecule has 0 aliphatic carbocycles. The Morgan fingerprint density at radius 2 is 1.86 bits per heavy atom. The molecule has 0 aliphatic rings. The van der Waals surface area contributed by atoms with E-state index >= 15 is 0 Å². The Balaban J connectivity index is 1.89. The molecule has 3 heteroatoms. The van der Waals surface area contributed by atoms with Gasteiger partial charge in [0, 0.05) is 10.7 Å². The van der Waals surface area contributed by atoms with E-state index in [0.29, 0.717) is 0 Å². The maximum atomic E-state index is 6.12. The van der Waals surface area contributed by atoms with E-state index in [0.717, 1.165) is 35.0 Å². The second-order valence-corrected chi connectivity index (χ2v) is 5.63. The molecule has 1 N–H and O–H groups in total. The van der Waals surface area contributed by atoms with Crippen LogP contribution in [-0.2, 0) is 6.42 Å². The minimum atomic E-state index is 0.0795. The molecule has 0 amide bonds. The van der Waals surface area contributed by atoms with E-state index in [9.17, 15) is 0 Å². The molecule has 0 saturated heterocycles.